The third-order valence-corrected chi connectivity index (χ3v) is 3.03. The van der Waals surface area contributed by atoms with Crippen LogP contribution in [0.4, 0.5) is 0 Å². The molecule has 1 aromatic carbocycles. The lowest BCUT2D eigenvalue weighted by molar-refractivity contribution is -0.161. The highest BCUT2D eigenvalue weighted by molar-refractivity contribution is 5.85. The molecule has 1 aromatic rings. The highest BCUT2D eigenvalue weighted by atomic mass is 16.6. The lowest BCUT2D eigenvalue weighted by Gasteiger charge is -2.35. The number of ether oxygens (including phenoxy) is 1. The smallest absolute Gasteiger partial charge is 0.335 e. The summed E-state index contributed by atoms with van der Waals surface area (Å²) in [5.41, 5.74) is -0.432. The van der Waals surface area contributed by atoms with Crippen LogP contribution < -0.4 is 5.32 Å². The molecule has 1 atom stereocenters. The van der Waals surface area contributed by atoms with Crippen LogP contribution in [0.1, 0.15) is 32.8 Å². The molecule has 0 amide bonds. The van der Waals surface area contributed by atoms with E-state index < -0.39 is 11.1 Å². The van der Waals surface area contributed by atoms with E-state index in [0.29, 0.717) is 0 Å². The minimum atomic E-state index is -0.854. The Morgan fingerprint density at radius 1 is 1.26 bits per heavy atom. The molecular weight excluding hydrogens is 238 g/mol. The molecule has 1 aliphatic heterocycles. The molecule has 0 aliphatic carbocycles. The van der Waals surface area contributed by atoms with Crippen molar-refractivity contribution in [2.75, 3.05) is 6.54 Å². The minimum Gasteiger partial charge on any atom is -0.458 e. The summed E-state index contributed by atoms with van der Waals surface area (Å²) in [6.45, 7) is 6.42. The first-order valence-corrected chi connectivity index (χ1v) is 6.66. The van der Waals surface area contributed by atoms with Gasteiger partial charge in [-0.2, -0.15) is 0 Å². The van der Waals surface area contributed by atoms with E-state index in [0.717, 1.165) is 18.5 Å². The molecule has 0 spiro atoms. The van der Waals surface area contributed by atoms with Crippen LogP contribution in [0, 0.1) is 0 Å². The van der Waals surface area contributed by atoms with Gasteiger partial charge in [0.05, 0.1) is 0 Å². The molecule has 102 valence electrons. The Kier molecular flexibility index (Phi) is 3.76. The van der Waals surface area contributed by atoms with Gasteiger partial charge in [-0.3, -0.25) is 5.32 Å². The summed E-state index contributed by atoms with van der Waals surface area (Å²) in [6, 6.07) is 9.72. The normalized spacial score (nSPS) is 23.1. The van der Waals surface area contributed by atoms with E-state index >= 15 is 0 Å². The van der Waals surface area contributed by atoms with Crippen molar-refractivity contribution in [3.8, 4) is 0 Å². The van der Waals surface area contributed by atoms with Crippen molar-refractivity contribution in [2.45, 2.75) is 38.3 Å². The van der Waals surface area contributed by atoms with Gasteiger partial charge in [0.1, 0.15) is 5.60 Å². The zero-order chi connectivity index (χ0) is 13.9. The van der Waals surface area contributed by atoms with Crippen molar-refractivity contribution in [2.24, 2.45) is 0 Å². The van der Waals surface area contributed by atoms with Crippen molar-refractivity contribution in [1.29, 1.82) is 0 Å². The monoisotopic (exact) mass is 259 g/mol. The lowest BCUT2D eigenvalue weighted by Crippen LogP contribution is -2.52. The maximum Gasteiger partial charge on any atom is 0.335 e. The number of carbonyl (C=O) groups excluding carboxylic acids is 1. The van der Waals surface area contributed by atoms with E-state index in [2.05, 4.69) is 5.32 Å². The van der Waals surface area contributed by atoms with Crippen molar-refractivity contribution < 1.29 is 9.53 Å². The molecule has 0 radical (unpaired) electrons. The summed E-state index contributed by atoms with van der Waals surface area (Å²) in [5.74, 6) is -0.248. The molecule has 0 aromatic heterocycles. The molecule has 3 heteroatoms. The molecule has 2 rings (SSSR count). The molecule has 19 heavy (non-hydrogen) atoms. The number of carbonyl (C=O) groups is 1. The lowest BCUT2D eigenvalue weighted by atomic mass is 9.87. The second-order valence-electron chi connectivity index (χ2n) is 5.79. The van der Waals surface area contributed by atoms with Gasteiger partial charge in [-0.1, -0.05) is 42.5 Å². The second kappa shape index (κ2) is 5.17. The Labute approximate surface area is 114 Å². The molecule has 1 aliphatic rings. The molecular formula is C16H21NO2. The van der Waals surface area contributed by atoms with Crippen molar-refractivity contribution in [3.05, 3.63) is 48.0 Å². The topological polar surface area (TPSA) is 38.3 Å². The maximum atomic E-state index is 12.6. The first-order chi connectivity index (χ1) is 8.94. The third-order valence-electron chi connectivity index (χ3n) is 3.03. The maximum absolute atomic E-state index is 12.6. The van der Waals surface area contributed by atoms with E-state index in [1.807, 2.05) is 63.3 Å². The van der Waals surface area contributed by atoms with Gasteiger partial charge in [0.2, 0.25) is 0 Å². The Balaban J connectivity index is 2.39. The molecule has 0 saturated carbocycles. The minimum absolute atomic E-state index is 0.248. The molecule has 1 N–H and O–H groups in total. The van der Waals surface area contributed by atoms with Gasteiger partial charge in [0.25, 0.3) is 0 Å². The van der Waals surface area contributed by atoms with E-state index in [-0.39, 0.29) is 5.97 Å². The van der Waals surface area contributed by atoms with Crippen molar-refractivity contribution >= 4 is 5.97 Å². The zero-order valence-electron chi connectivity index (χ0n) is 11.8. The predicted octanol–water partition coefficient (Wildman–Crippen LogP) is 2.77. The summed E-state index contributed by atoms with van der Waals surface area (Å²) in [7, 11) is 0. The first-order valence-electron chi connectivity index (χ1n) is 6.66. The average Bonchev–Trinajstić information content (AvgIpc) is 2.38. The van der Waals surface area contributed by atoms with Crippen LogP contribution in [0.25, 0.3) is 0 Å². The summed E-state index contributed by atoms with van der Waals surface area (Å²) in [6.07, 6.45) is 4.88. The van der Waals surface area contributed by atoms with Gasteiger partial charge in [-0.25, -0.2) is 4.79 Å². The molecule has 1 unspecified atom stereocenters. The summed E-state index contributed by atoms with van der Waals surface area (Å²) in [4.78, 5) is 12.6. The number of nitrogens with one attached hydrogen (secondary N) is 1. The van der Waals surface area contributed by atoms with Gasteiger partial charge in [0, 0.05) is 6.54 Å². The predicted molar refractivity (Wildman–Crippen MR) is 75.7 cm³/mol. The van der Waals surface area contributed by atoms with Crippen LogP contribution in [0.15, 0.2) is 42.5 Å². The highest BCUT2D eigenvalue weighted by Gasteiger charge is 2.41. The van der Waals surface area contributed by atoms with Crippen LogP contribution in [0.5, 0.6) is 0 Å². The summed E-state index contributed by atoms with van der Waals surface area (Å²) < 4.78 is 5.58. The Morgan fingerprint density at radius 2 is 1.95 bits per heavy atom. The number of hydrogen-bond acceptors (Lipinski definition) is 3. The van der Waals surface area contributed by atoms with Gasteiger partial charge < -0.3 is 4.74 Å². The van der Waals surface area contributed by atoms with E-state index in [9.17, 15) is 4.79 Å². The summed E-state index contributed by atoms with van der Waals surface area (Å²) >= 11 is 0. The van der Waals surface area contributed by atoms with Crippen LogP contribution in [0.3, 0.4) is 0 Å². The van der Waals surface area contributed by atoms with Gasteiger partial charge in [-0.05, 0) is 32.8 Å². The van der Waals surface area contributed by atoms with Gasteiger partial charge in [0.15, 0.2) is 5.54 Å². The standard InChI is InChI=1S/C16H21NO2/c1-15(2,3)19-14(18)16(11-7-8-12-17-16)13-9-5-4-6-10-13/h4-7,9-11,17H,8,12H2,1-3H3. The van der Waals surface area contributed by atoms with Crippen molar-refractivity contribution in [3.63, 3.8) is 0 Å². The number of hydrogen-bond donors (Lipinski definition) is 1. The summed E-state index contributed by atoms with van der Waals surface area (Å²) in [5, 5.41) is 3.31. The van der Waals surface area contributed by atoms with Gasteiger partial charge >= 0.3 is 5.97 Å². The highest BCUT2D eigenvalue weighted by Crippen LogP contribution is 2.29. The SMILES string of the molecule is CC(C)(C)OC(=O)C1(c2ccccc2)C=CCCN1. The van der Waals surface area contributed by atoms with Crippen LogP contribution in [0.2, 0.25) is 0 Å². The quantitative estimate of drug-likeness (QED) is 0.655. The van der Waals surface area contributed by atoms with Crippen molar-refractivity contribution in [1.82, 2.24) is 5.32 Å². The van der Waals surface area contributed by atoms with Crippen LogP contribution in [-0.4, -0.2) is 18.1 Å². The van der Waals surface area contributed by atoms with Crippen LogP contribution >= 0.6 is 0 Å². The first kappa shape index (κ1) is 13.8. The zero-order valence-corrected chi connectivity index (χ0v) is 11.8. The van der Waals surface area contributed by atoms with E-state index in [1.165, 1.54) is 0 Å². The second-order valence-corrected chi connectivity index (χ2v) is 5.79. The molecule has 0 bridgehead atoms. The molecule has 0 fully saturated rings. The number of esters is 1. The van der Waals surface area contributed by atoms with Gasteiger partial charge in [-0.15, -0.1) is 0 Å². The molecule has 3 nitrogen and oxygen atoms in total. The Morgan fingerprint density at radius 3 is 2.47 bits per heavy atom. The fraction of sp³-hybridized carbons (Fsp3) is 0.438. The van der Waals surface area contributed by atoms with Crippen LogP contribution in [-0.2, 0) is 15.1 Å². The molecule has 1 heterocycles. The Hall–Kier alpha value is -1.61. The number of benzene rings is 1. The Bertz CT molecular complexity index is 473. The molecule has 0 saturated heterocycles. The fourth-order valence-corrected chi connectivity index (χ4v) is 2.19. The number of rotatable bonds is 2. The third kappa shape index (κ3) is 3.04. The average molecular weight is 259 g/mol. The largest absolute Gasteiger partial charge is 0.458 e. The fourth-order valence-electron chi connectivity index (χ4n) is 2.19. The van der Waals surface area contributed by atoms with E-state index in [4.69, 9.17) is 4.74 Å². The van der Waals surface area contributed by atoms with E-state index in [1.54, 1.807) is 0 Å².